The topological polar surface area (TPSA) is 91.8 Å². The van der Waals surface area contributed by atoms with Crippen molar-refractivity contribution >= 4 is 40.3 Å². The van der Waals surface area contributed by atoms with E-state index < -0.39 is 12.0 Å². The minimum Gasteiger partial charge on any atom is -0.467 e. The molecule has 1 aromatic heterocycles. The number of carbonyl (C=O) groups is 3. The van der Waals surface area contributed by atoms with Crippen LogP contribution >= 0.6 is 11.8 Å². The van der Waals surface area contributed by atoms with Crippen molar-refractivity contribution in [1.82, 2.24) is 20.1 Å². The van der Waals surface area contributed by atoms with Crippen molar-refractivity contribution in [2.45, 2.75) is 44.3 Å². The number of hydrogen-bond acceptors (Lipinski definition) is 7. The number of thioether (sulfide) groups is 1. The number of pyridine rings is 1. The zero-order valence-electron chi connectivity index (χ0n) is 23.3. The maximum atomic E-state index is 13.3. The summed E-state index contributed by atoms with van der Waals surface area (Å²) in [4.78, 5) is 47.0. The molecule has 2 aromatic carbocycles. The Hall–Kier alpha value is -3.43. The van der Waals surface area contributed by atoms with Gasteiger partial charge in [-0.05, 0) is 59.2 Å². The maximum absolute atomic E-state index is 13.3. The van der Waals surface area contributed by atoms with E-state index in [4.69, 9.17) is 4.74 Å². The molecule has 0 bridgehead atoms. The van der Waals surface area contributed by atoms with Gasteiger partial charge >= 0.3 is 5.97 Å². The lowest BCUT2D eigenvalue weighted by Crippen LogP contribution is -2.49. The molecule has 0 radical (unpaired) electrons. The Balaban J connectivity index is 1.52. The third-order valence-corrected chi connectivity index (χ3v) is 7.96. The number of amides is 2. The van der Waals surface area contributed by atoms with Gasteiger partial charge in [0.25, 0.3) is 0 Å². The van der Waals surface area contributed by atoms with Crippen LogP contribution in [0, 0.1) is 0 Å². The molecule has 1 unspecified atom stereocenters. The summed E-state index contributed by atoms with van der Waals surface area (Å²) in [6.07, 6.45) is 8.02. The molecule has 9 heteroatoms. The van der Waals surface area contributed by atoms with Gasteiger partial charge in [-0.1, -0.05) is 48.5 Å². The van der Waals surface area contributed by atoms with Gasteiger partial charge < -0.3 is 15.0 Å². The number of nitrogens with zero attached hydrogens (tertiary/aromatic N) is 3. The second-order valence-electron chi connectivity index (χ2n) is 10.2. The third kappa shape index (κ3) is 8.05. The van der Waals surface area contributed by atoms with Crippen molar-refractivity contribution < 1.29 is 19.1 Å². The lowest BCUT2D eigenvalue weighted by molar-refractivity contribution is -0.145. The highest BCUT2D eigenvalue weighted by atomic mass is 32.2. The van der Waals surface area contributed by atoms with Crippen molar-refractivity contribution in [3.63, 3.8) is 0 Å². The second kappa shape index (κ2) is 14.8. The summed E-state index contributed by atoms with van der Waals surface area (Å²) < 4.78 is 4.93. The lowest BCUT2D eigenvalue weighted by atomic mass is 10.0. The predicted octanol–water partition coefficient (Wildman–Crippen LogP) is 3.68. The monoisotopic (exact) mass is 562 g/mol. The number of hydrogen-bond donors (Lipinski definition) is 1. The SMILES string of the molecule is COC(=O)C(CCSC)NC(=O)CN(Cc1cccc2ccccc12)C[C@@H]1CCCN1C(=O)Cc1cccnc1. The van der Waals surface area contributed by atoms with Gasteiger partial charge in [-0.15, -0.1) is 0 Å². The van der Waals surface area contributed by atoms with Crippen LogP contribution in [0.3, 0.4) is 0 Å². The third-order valence-electron chi connectivity index (χ3n) is 7.32. The van der Waals surface area contributed by atoms with Gasteiger partial charge in [-0.25, -0.2) is 4.79 Å². The summed E-state index contributed by atoms with van der Waals surface area (Å²) in [5.41, 5.74) is 2.01. The fourth-order valence-electron chi connectivity index (χ4n) is 5.36. The zero-order valence-corrected chi connectivity index (χ0v) is 24.1. The first kappa shape index (κ1) is 29.6. The highest BCUT2D eigenvalue weighted by Crippen LogP contribution is 2.23. The molecule has 1 aliphatic heterocycles. The largest absolute Gasteiger partial charge is 0.467 e. The summed E-state index contributed by atoms with van der Waals surface area (Å²) >= 11 is 1.62. The fourth-order valence-corrected chi connectivity index (χ4v) is 5.83. The smallest absolute Gasteiger partial charge is 0.328 e. The summed E-state index contributed by atoms with van der Waals surface area (Å²) in [5, 5.41) is 5.17. The number of benzene rings is 2. The Morgan fingerprint density at radius 2 is 1.98 bits per heavy atom. The highest BCUT2D eigenvalue weighted by Gasteiger charge is 2.31. The molecule has 0 aliphatic carbocycles. The Morgan fingerprint density at radius 1 is 1.15 bits per heavy atom. The second-order valence-corrected chi connectivity index (χ2v) is 11.1. The molecule has 1 saturated heterocycles. The summed E-state index contributed by atoms with van der Waals surface area (Å²) in [6, 6.07) is 17.5. The van der Waals surface area contributed by atoms with E-state index in [1.807, 2.05) is 41.5 Å². The van der Waals surface area contributed by atoms with Gasteiger partial charge in [0, 0.05) is 38.1 Å². The highest BCUT2D eigenvalue weighted by molar-refractivity contribution is 7.98. The zero-order chi connectivity index (χ0) is 28.3. The van der Waals surface area contributed by atoms with Crippen LogP contribution in [-0.2, 0) is 32.1 Å². The predicted molar refractivity (Wildman–Crippen MR) is 159 cm³/mol. The van der Waals surface area contributed by atoms with Crippen LogP contribution in [-0.4, -0.2) is 83.4 Å². The maximum Gasteiger partial charge on any atom is 0.328 e. The number of esters is 1. The molecule has 4 rings (SSSR count). The number of nitrogens with one attached hydrogen (secondary N) is 1. The normalized spacial score (nSPS) is 15.8. The van der Waals surface area contributed by atoms with E-state index in [-0.39, 0.29) is 24.4 Å². The van der Waals surface area contributed by atoms with Crippen LogP contribution < -0.4 is 5.32 Å². The van der Waals surface area contributed by atoms with Crippen LogP contribution in [0.4, 0.5) is 0 Å². The summed E-state index contributed by atoms with van der Waals surface area (Å²) in [5.74, 6) is 0.136. The average Bonchev–Trinajstić information content (AvgIpc) is 3.43. The van der Waals surface area contributed by atoms with Crippen LogP contribution in [0.15, 0.2) is 67.0 Å². The Bertz CT molecular complexity index is 1280. The average molecular weight is 563 g/mol. The molecule has 40 heavy (non-hydrogen) atoms. The molecular weight excluding hydrogens is 524 g/mol. The van der Waals surface area contributed by atoms with E-state index in [0.717, 1.165) is 40.5 Å². The van der Waals surface area contributed by atoms with E-state index in [9.17, 15) is 14.4 Å². The first-order valence-corrected chi connectivity index (χ1v) is 15.1. The van der Waals surface area contributed by atoms with Crippen molar-refractivity contribution in [2.24, 2.45) is 0 Å². The standard InChI is InChI=1S/C31H38N4O4S/c1-39-31(38)28(14-17-40-2)33-29(36)22-34(20-25-11-5-10-24-9-3-4-13-27(24)25)21-26-12-7-16-35(26)30(37)18-23-8-6-15-32-19-23/h3-6,8-11,13,15,19,26,28H,7,12,14,16-18,20-22H2,1-2H3,(H,33,36)/t26-,28?/m0/s1. The van der Waals surface area contributed by atoms with E-state index in [0.29, 0.717) is 32.5 Å². The number of ether oxygens (including phenoxy) is 1. The van der Waals surface area contributed by atoms with Crippen molar-refractivity contribution in [3.8, 4) is 0 Å². The van der Waals surface area contributed by atoms with Gasteiger partial charge in [0.1, 0.15) is 6.04 Å². The molecule has 1 aliphatic rings. The molecule has 212 valence electrons. The number of fused-ring (bicyclic) bond motifs is 1. The van der Waals surface area contributed by atoms with Crippen molar-refractivity contribution in [2.75, 3.05) is 38.8 Å². The molecule has 2 atom stereocenters. The van der Waals surface area contributed by atoms with Crippen LogP contribution in [0.1, 0.15) is 30.4 Å². The first-order valence-electron chi connectivity index (χ1n) is 13.7. The number of aromatic nitrogens is 1. The minimum atomic E-state index is -0.687. The molecule has 3 aromatic rings. The van der Waals surface area contributed by atoms with E-state index >= 15 is 0 Å². The van der Waals surface area contributed by atoms with E-state index in [1.165, 1.54) is 7.11 Å². The van der Waals surface area contributed by atoms with Gasteiger partial charge in [-0.2, -0.15) is 11.8 Å². The first-order chi connectivity index (χ1) is 19.5. The van der Waals surface area contributed by atoms with Crippen molar-refractivity contribution in [3.05, 3.63) is 78.1 Å². The lowest BCUT2D eigenvalue weighted by Gasteiger charge is -2.31. The van der Waals surface area contributed by atoms with Crippen LogP contribution in [0.5, 0.6) is 0 Å². The molecule has 2 amide bonds. The van der Waals surface area contributed by atoms with Crippen molar-refractivity contribution in [1.29, 1.82) is 0 Å². The molecular formula is C31H38N4O4S. The van der Waals surface area contributed by atoms with Gasteiger partial charge in [-0.3, -0.25) is 19.5 Å². The Labute approximate surface area is 240 Å². The molecule has 0 spiro atoms. The minimum absolute atomic E-state index is 0.000145. The van der Waals surface area contributed by atoms with Gasteiger partial charge in [0.05, 0.1) is 20.1 Å². The number of carbonyl (C=O) groups excluding carboxylic acids is 3. The molecule has 2 heterocycles. The summed E-state index contributed by atoms with van der Waals surface area (Å²) in [6.45, 7) is 1.92. The molecule has 8 nitrogen and oxygen atoms in total. The van der Waals surface area contributed by atoms with Gasteiger partial charge in [0.15, 0.2) is 0 Å². The quantitative estimate of drug-likeness (QED) is 0.318. The van der Waals surface area contributed by atoms with E-state index in [1.54, 1.807) is 24.2 Å². The van der Waals surface area contributed by atoms with Gasteiger partial charge in [0.2, 0.25) is 11.8 Å². The Morgan fingerprint density at radius 3 is 2.75 bits per heavy atom. The van der Waals surface area contributed by atoms with Crippen LogP contribution in [0.2, 0.25) is 0 Å². The van der Waals surface area contributed by atoms with Crippen LogP contribution in [0.25, 0.3) is 10.8 Å². The Kier molecular flexibility index (Phi) is 10.9. The molecule has 1 N–H and O–H groups in total. The summed E-state index contributed by atoms with van der Waals surface area (Å²) in [7, 11) is 1.34. The number of rotatable bonds is 13. The molecule has 0 saturated carbocycles. The van der Waals surface area contributed by atoms with E-state index in [2.05, 4.69) is 39.5 Å². The number of methoxy groups -OCH3 is 1. The fraction of sp³-hybridized carbons (Fsp3) is 0.419. The number of likely N-dealkylation sites (tertiary alicyclic amines) is 1. The molecule has 1 fully saturated rings.